The van der Waals surface area contributed by atoms with Crippen molar-refractivity contribution in [2.75, 3.05) is 6.54 Å². The number of ether oxygens (including phenoxy) is 1. The Kier molecular flexibility index (Phi) is 5.36. The molecule has 0 atom stereocenters. The van der Waals surface area contributed by atoms with Gasteiger partial charge in [0, 0.05) is 11.0 Å². The van der Waals surface area contributed by atoms with E-state index in [-0.39, 0.29) is 0 Å². The van der Waals surface area contributed by atoms with Crippen LogP contribution in [0.4, 0.5) is 0 Å². The fourth-order valence-corrected chi connectivity index (χ4v) is 2.09. The zero-order valence-corrected chi connectivity index (χ0v) is 12.5. The van der Waals surface area contributed by atoms with Crippen LogP contribution in [0.15, 0.2) is 47.1 Å². The normalized spacial score (nSPS) is 10.4. The van der Waals surface area contributed by atoms with Crippen LogP contribution in [0, 0.1) is 0 Å². The average Bonchev–Trinajstić information content (AvgIpc) is 2.44. The minimum atomic E-state index is 0.549. The number of nitrogens with one attached hydrogen (secondary N) is 1. The van der Waals surface area contributed by atoms with Gasteiger partial charge in [-0.2, -0.15) is 0 Å². The zero-order chi connectivity index (χ0) is 13.5. The van der Waals surface area contributed by atoms with Gasteiger partial charge in [0.15, 0.2) is 0 Å². The second kappa shape index (κ2) is 7.26. The predicted molar refractivity (Wildman–Crippen MR) is 80.1 cm³/mol. The molecule has 0 amide bonds. The van der Waals surface area contributed by atoms with Gasteiger partial charge in [0.1, 0.15) is 12.4 Å². The Labute approximate surface area is 122 Å². The molecule has 1 heterocycles. The van der Waals surface area contributed by atoms with Crippen molar-refractivity contribution in [3.8, 4) is 5.75 Å². The quantitative estimate of drug-likeness (QED) is 0.884. The summed E-state index contributed by atoms with van der Waals surface area (Å²) in [5.74, 6) is 0.792. The molecule has 0 aliphatic rings. The Morgan fingerprint density at radius 2 is 2.16 bits per heavy atom. The molecular weight excluding hydrogens is 304 g/mol. The summed E-state index contributed by atoms with van der Waals surface area (Å²) in [6.07, 6.45) is 1.77. The Balaban J connectivity index is 1.89. The predicted octanol–water partition coefficient (Wildman–Crippen LogP) is 3.53. The lowest BCUT2D eigenvalue weighted by molar-refractivity contribution is 0.304. The first-order valence-electron chi connectivity index (χ1n) is 6.31. The van der Waals surface area contributed by atoms with Gasteiger partial charge in [-0.1, -0.05) is 35.0 Å². The number of halogens is 1. The number of hydrogen-bond donors (Lipinski definition) is 1. The summed E-state index contributed by atoms with van der Waals surface area (Å²) in [7, 11) is 0. The van der Waals surface area contributed by atoms with Gasteiger partial charge >= 0.3 is 0 Å². The van der Waals surface area contributed by atoms with Crippen molar-refractivity contribution in [1.29, 1.82) is 0 Å². The van der Waals surface area contributed by atoms with Crippen LogP contribution in [-0.4, -0.2) is 11.5 Å². The minimum absolute atomic E-state index is 0.549. The van der Waals surface area contributed by atoms with Crippen LogP contribution < -0.4 is 10.1 Å². The van der Waals surface area contributed by atoms with Crippen LogP contribution in [0.5, 0.6) is 5.75 Å². The molecule has 0 bridgehead atoms. The van der Waals surface area contributed by atoms with Crippen LogP contribution in [0.2, 0.25) is 0 Å². The summed E-state index contributed by atoms with van der Waals surface area (Å²) >= 11 is 3.45. The van der Waals surface area contributed by atoms with Crippen molar-refractivity contribution in [2.24, 2.45) is 0 Å². The van der Waals surface area contributed by atoms with Gasteiger partial charge in [-0.3, -0.25) is 4.98 Å². The molecule has 0 spiro atoms. The second-order valence-corrected chi connectivity index (χ2v) is 5.10. The summed E-state index contributed by atoms with van der Waals surface area (Å²) < 4.78 is 6.77. The van der Waals surface area contributed by atoms with Crippen LogP contribution in [-0.2, 0) is 13.2 Å². The van der Waals surface area contributed by atoms with E-state index in [1.54, 1.807) is 6.20 Å². The maximum atomic E-state index is 5.70. The molecule has 0 fully saturated rings. The summed E-state index contributed by atoms with van der Waals surface area (Å²) in [5, 5.41) is 3.24. The zero-order valence-electron chi connectivity index (χ0n) is 10.9. The molecule has 0 unspecified atom stereocenters. The first-order chi connectivity index (χ1) is 9.28. The van der Waals surface area contributed by atoms with E-state index in [1.807, 2.05) is 36.4 Å². The molecule has 2 aromatic rings. The first kappa shape index (κ1) is 14.0. The fourth-order valence-electron chi connectivity index (χ4n) is 1.65. The van der Waals surface area contributed by atoms with Gasteiger partial charge in [0.25, 0.3) is 0 Å². The van der Waals surface area contributed by atoms with Gasteiger partial charge in [0.2, 0.25) is 0 Å². The molecule has 19 heavy (non-hydrogen) atoms. The van der Waals surface area contributed by atoms with Crippen molar-refractivity contribution < 1.29 is 4.74 Å². The molecule has 0 radical (unpaired) electrons. The lowest BCUT2D eigenvalue weighted by Crippen LogP contribution is -2.12. The van der Waals surface area contributed by atoms with Gasteiger partial charge in [-0.05, 0) is 36.4 Å². The summed E-state index contributed by atoms with van der Waals surface area (Å²) in [6, 6.07) is 12.0. The highest BCUT2D eigenvalue weighted by Crippen LogP contribution is 2.15. The van der Waals surface area contributed by atoms with Gasteiger partial charge < -0.3 is 10.1 Å². The number of hydrogen-bond acceptors (Lipinski definition) is 3. The standard InChI is InChI=1S/C15H17BrN2O/c1-2-17-9-14-6-7-15(10-18-14)19-11-12-4-3-5-13(16)8-12/h3-8,10,17H,2,9,11H2,1H3. The first-order valence-corrected chi connectivity index (χ1v) is 7.10. The summed E-state index contributed by atoms with van der Waals surface area (Å²) in [5.41, 5.74) is 2.16. The minimum Gasteiger partial charge on any atom is -0.487 e. The molecule has 0 aliphatic carbocycles. The van der Waals surface area contributed by atoms with Gasteiger partial charge in [-0.15, -0.1) is 0 Å². The Bertz CT molecular complexity index is 514. The smallest absolute Gasteiger partial charge is 0.138 e. The third-order valence-corrected chi connectivity index (χ3v) is 3.14. The van der Waals surface area contributed by atoms with Crippen molar-refractivity contribution >= 4 is 15.9 Å². The van der Waals surface area contributed by atoms with Crippen LogP contribution >= 0.6 is 15.9 Å². The fraction of sp³-hybridized carbons (Fsp3) is 0.267. The maximum absolute atomic E-state index is 5.70. The van der Waals surface area contributed by atoms with Crippen molar-refractivity contribution in [1.82, 2.24) is 10.3 Å². The molecule has 1 aromatic heterocycles. The number of rotatable bonds is 6. The molecule has 4 heteroatoms. The largest absolute Gasteiger partial charge is 0.487 e. The molecule has 3 nitrogen and oxygen atoms in total. The molecule has 2 rings (SSSR count). The van der Waals surface area contributed by atoms with Crippen LogP contribution in [0.25, 0.3) is 0 Å². The molecular formula is C15H17BrN2O. The maximum Gasteiger partial charge on any atom is 0.138 e. The number of benzene rings is 1. The third-order valence-electron chi connectivity index (χ3n) is 2.65. The SMILES string of the molecule is CCNCc1ccc(OCc2cccc(Br)c2)cn1. The van der Waals surface area contributed by atoms with Gasteiger partial charge in [0.05, 0.1) is 11.9 Å². The van der Waals surface area contributed by atoms with Gasteiger partial charge in [-0.25, -0.2) is 0 Å². The monoisotopic (exact) mass is 320 g/mol. The van der Waals surface area contributed by atoms with Crippen LogP contribution in [0.1, 0.15) is 18.2 Å². The van der Waals surface area contributed by atoms with E-state index in [9.17, 15) is 0 Å². The van der Waals surface area contributed by atoms with Crippen molar-refractivity contribution in [2.45, 2.75) is 20.1 Å². The Morgan fingerprint density at radius 3 is 2.84 bits per heavy atom. The van der Waals surface area contributed by atoms with Crippen molar-refractivity contribution in [3.63, 3.8) is 0 Å². The molecule has 100 valence electrons. The van der Waals surface area contributed by atoms with E-state index in [1.165, 1.54) is 0 Å². The lowest BCUT2D eigenvalue weighted by Gasteiger charge is -2.07. The highest BCUT2D eigenvalue weighted by molar-refractivity contribution is 9.10. The number of nitrogens with zero attached hydrogens (tertiary/aromatic N) is 1. The van der Waals surface area contributed by atoms with E-state index in [0.29, 0.717) is 6.61 Å². The molecule has 1 aromatic carbocycles. The van der Waals surface area contributed by atoms with E-state index in [4.69, 9.17) is 4.74 Å². The number of pyridine rings is 1. The molecule has 0 aliphatic heterocycles. The van der Waals surface area contributed by atoms with E-state index < -0.39 is 0 Å². The summed E-state index contributed by atoms with van der Waals surface area (Å²) in [4.78, 5) is 4.35. The van der Waals surface area contributed by atoms with E-state index in [2.05, 4.69) is 33.2 Å². The highest BCUT2D eigenvalue weighted by Gasteiger charge is 1.98. The highest BCUT2D eigenvalue weighted by atomic mass is 79.9. The topological polar surface area (TPSA) is 34.1 Å². The number of aromatic nitrogens is 1. The van der Waals surface area contributed by atoms with E-state index in [0.717, 1.165) is 34.6 Å². The molecule has 1 N–H and O–H groups in total. The van der Waals surface area contributed by atoms with Crippen LogP contribution in [0.3, 0.4) is 0 Å². The van der Waals surface area contributed by atoms with E-state index >= 15 is 0 Å². The lowest BCUT2D eigenvalue weighted by atomic mass is 10.2. The van der Waals surface area contributed by atoms with Crippen molar-refractivity contribution in [3.05, 3.63) is 58.3 Å². The molecule has 0 saturated heterocycles. The Morgan fingerprint density at radius 1 is 1.26 bits per heavy atom. The Hall–Kier alpha value is -1.39. The second-order valence-electron chi connectivity index (χ2n) is 4.18. The average molecular weight is 321 g/mol. The summed E-state index contributed by atoms with van der Waals surface area (Å²) in [6.45, 7) is 4.37. The molecule has 0 saturated carbocycles. The third kappa shape index (κ3) is 4.65.